The lowest BCUT2D eigenvalue weighted by molar-refractivity contribution is 0.670. The summed E-state index contributed by atoms with van der Waals surface area (Å²) < 4.78 is 15.8. The number of furan rings is 2. The number of aromatic nitrogens is 1. The highest BCUT2D eigenvalue weighted by Gasteiger charge is 2.26. The molecule has 11 rings (SSSR count). The van der Waals surface area contributed by atoms with E-state index in [1.807, 2.05) is 12.1 Å². The molecule has 3 heteroatoms. The molecule has 0 aliphatic carbocycles. The van der Waals surface area contributed by atoms with Crippen LogP contribution in [0.1, 0.15) is 0 Å². The highest BCUT2D eigenvalue weighted by Crippen LogP contribution is 2.49. The predicted molar refractivity (Wildman–Crippen MR) is 171 cm³/mol. The summed E-state index contributed by atoms with van der Waals surface area (Å²) >= 11 is 0. The molecule has 41 heavy (non-hydrogen) atoms. The zero-order valence-corrected chi connectivity index (χ0v) is 21.7. The van der Waals surface area contributed by atoms with Crippen LogP contribution in [-0.4, -0.2) is 4.40 Å². The highest BCUT2D eigenvalue weighted by molar-refractivity contribution is 6.37. The van der Waals surface area contributed by atoms with Crippen molar-refractivity contribution >= 4 is 104 Å². The minimum atomic E-state index is 0.907. The number of hydrogen-bond donors (Lipinski definition) is 0. The van der Waals surface area contributed by atoms with E-state index in [-0.39, 0.29) is 0 Å². The summed E-state index contributed by atoms with van der Waals surface area (Å²) in [5, 5.41) is 14.5. The second kappa shape index (κ2) is 6.78. The van der Waals surface area contributed by atoms with Crippen molar-refractivity contribution in [3.63, 3.8) is 0 Å². The second-order valence-corrected chi connectivity index (χ2v) is 11.2. The van der Waals surface area contributed by atoms with Crippen LogP contribution in [0.4, 0.5) is 0 Å². The average molecular weight is 522 g/mol. The highest BCUT2D eigenvalue weighted by atomic mass is 16.3. The maximum Gasteiger partial charge on any atom is 0.160 e. The smallest absolute Gasteiger partial charge is 0.160 e. The number of nitrogens with zero attached hydrogens (tertiary/aromatic N) is 1. The first-order valence-electron chi connectivity index (χ1n) is 14.0. The van der Waals surface area contributed by atoms with E-state index in [4.69, 9.17) is 8.83 Å². The lowest BCUT2D eigenvalue weighted by Crippen LogP contribution is -1.82. The fourth-order valence-corrected chi connectivity index (χ4v) is 7.60. The molecular formula is C38H19NO2. The molecule has 0 amide bonds. The Balaban J connectivity index is 1.52. The molecule has 0 saturated heterocycles. The van der Waals surface area contributed by atoms with Gasteiger partial charge in [-0.05, 0) is 51.9 Å². The van der Waals surface area contributed by atoms with Crippen molar-refractivity contribution in [2.24, 2.45) is 0 Å². The third-order valence-electron chi connectivity index (χ3n) is 9.29. The Morgan fingerprint density at radius 1 is 0.366 bits per heavy atom. The summed E-state index contributed by atoms with van der Waals surface area (Å²) in [6.45, 7) is 0. The van der Waals surface area contributed by atoms with E-state index >= 15 is 0 Å². The van der Waals surface area contributed by atoms with Crippen LogP contribution in [0.3, 0.4) is 0 Å². The molecule has 0 radical (unpaired) electrons. The molecule has 0 fully saturated rings. The summed E-state index contributed by atoms with van der Waals surface area (Å²) in [5.41, 5.74) is 7.07. The molecule has 0 aliphatic heterocycles. The van der Waals surface area contributed by atoms with Crippen LogP contribution in [0, 0.1) is 0 Å². The van der Waals surface area contributed by atoms with Gasteiger partial charge in [0, 0.05) is 43.1 Å². The van der Waals surface area contributed by atoms with Gasteiger partial charge in [-0.3, -0.25) is 0 Å². The van der Waals surface area contributed by atoms with Crippen molar-refractivity contribution in [2.45, 2.75) is 0 Å². The van der Waals surface area contributed by atoms with E-state index in [0.717, 1.165) is 54.9 Å². The molecule has 7 aromatic carbocycles. The largest absolute Gasteiger partial charge is 0.454 e. The molecule has 11 aromatic rings. The molecule has 4 aromatic heterocycles. The van der Waals surface area contributed by atoms with E-state index < -0.39 is 0 Å². The minimum Gasteiger partial charge on any atom is -0.454 e. The van der Waals surface area contributed by atoms with Crippen LogP contribution < -0.4 is 0 Å². The van der Waals surface area contributed by atoms with E-state index in [2.05, 4.69) is 108 Å². The Kier molecular flexibility index (Phi) is 3.37. The van der Waals surface area contributed by atoms with Crippen LogP contribution in [-0.2, 0) is 0 Å². The van der Waals surface area contributed by atoms with Crippen LogP contribution >= 0.6 is 0 Å². The Labute approximate surface area is 231 Å². The van der Waals surface area contributed by atoms with E-state index in [1.54, 1.807) is 0 Å². The van der Waals surface area contributed by atoms with Crippen molar-refractivity contribution in [2.75, 3.05) is 0 Å². The summed E-state index contributed by atoms with van der Waals surface area (Å²) in [4.78, 5) is 0. The zero-order valence-electron chi connectivity index (χ0n) is 21.7. The van der Waals surface area contributed by atoms with Crippen molar-refractivity contribution in [3.05, 3.63) is 115 Å². The van der Waals surface area contributed by atoms with Crippen molar-refractivity contribution in [1.82, 2.24) is 4.40 Å². The molecule has 188 valence electrons. The van der Waals surface area contributed by atoms with Gasteiger partial charge in [0.25, 0.3) is 0 Å². The summed E-state index contributed by atoms with van der Waals surface area (Å²) in [6, 6.07) is 41.3. The lowest BCUT2D eigenvalue weighted by Gasteiger charge is -2.07. The minimum absolute atomic E-state index is 0.907. The zero-order chi connectivity index (χ0) is 26.4. The SMILES string of the molecule is c1ccc2c(c1)ccc1c2cc2c3ccc4c5ccccc5oc4c3n3c4c(ccc5c6ccccc6oc54)c1c23. The van der Waals surface area contributed by atoms with E-state index in [0.29, 0.717) is 0 Å². The Bertz CT molecular complexity index is 2910. The maximum atomic E-state index is 6.68. The fraction of sp³-hybridized carbons (Fsp3) is 0. The monoisotopic (exact) mass is 521 g/mol. The molecule has 0 saturated carbocycles. The quantitative estimate of drug-likeness (QED) is 0.186. The molecular weight excluding hydrogens is 502 g/mol. The Hall–Kier alpha value is -5.54. The number of para-hydroxylation sites is 2. The van der Waals surface area contributed by atoms with Gasteiger partial charge in [-0.1, -0.05) is 84.9 Å². The third-order valence-corrected chi connectivity index (χ3v) is 9.29. The average Bonchev–Trinajstić information content (AvgIpc) is 3.76. The first kappa shape index (κ1) is 20.4. The number of fused-ring (bicyclic) bond motifs is 18. The fourth-order valence-electron chi connectivity index (χ4n) is 7.60. The molecule has 0 unspecified atom stereocenters. The summed E-state index contributed by atoms with van der Waals surface area (Å²) in [5.74, 6) is 0. The van der Waals surface area contributed by atoms with Gasteiger partial charge in [-0.15, -0.1) is 0 Å². The number of benzene rings is 7. The Morgan fingerprint density at radius 3 is 1.66 bits per heavy atom. The van der Waals surface area contributed by atoms with Gasteiger partial charge in [-0.25, -0.2) is 0 Å². The van der Waals surface area contributed by atoms with Crippen LogP contribution in [0.5, 0.6) is 0 Å². The van der Waals surface area contributed by atoms with Gasteiger partial charge in [0.05, 0.1) is 16.6 Å². The first-order chi connectivity index (χ1) is 20.3. The van der Waals surface area contributed by atoms with E-state index in [1.165, 1.54) is 48.6 Å². The van der Waals surface area contributed by atoms with Gasteiger partial charge in [0.1, 0.15) is 11.2 Å². The Morgan fingerprint density at radius 2 is 0.927 bits per heavy atom. The maximum absolute atomic E-state index is 6.68. The number of hydrogen-bond acceptors (Lipinski definition) is 2. The van der Waals surface area contributed by atoms with Crippen molar-refractivity contribution in [3.8, 4) is 0 Å². The van der Waals surface area contributed by atoms with Crippen molar-refractivity contribution in [1.29, 1.82) is 0 Å². The normalized spacial score (nSPS) is 12.9. The van der Waals surface area contributed by atoms with Crippen LogP contribution in [0.15, 0.2) is 124 Å². The predicted octanol–water partition coefficient (Wildman–Crippen LogP) is 10.9. The molecule has 3 nitrogen and oxygen atoms in total. The first-order valence-corrected chi connectivity index (χ1v) is 14.0. The molecule has 0 spiro atoms. The number of rotatable bonds is 0. The van der Waals surface area contributed by atoms with E-state index in [9.17, 15) is 0 Å². The molecule has 4 heterocycles. The van der Waals surface area contributed by atoms with Gasteiger partial charge in [0.2, 0.25) is 0 Å². The summed E-state index contributed by atoms with van der Waals surface area (Å²) in [7, 11) is 0. The standard InChI is InChI=1S/C38H19NO2/c1-2-8-21-20(7-1)13-14-24-29(21)19-30-25-15-16-26-22-9-3-5-11-31(22)40-37(26)35(25)39-34(30)33(24)28-18-17-27-23-10-4-6-12-32(23)41-38(27)36(28)39/h1-19H. The van der Waals surface area contributed by atoms with Crippen LogP contribution in [0.25, 0.3) is 104 Å². The molecule has 0 aliphatic rings. The summed E-state index contributed by atoms with van der Waals surface area (Å²) in [6.07, 6.45) is 0. The molecule has 0 N–H and O–H groups in total. The lowest BCUT2D eigenvalue weighted by atomic mass is 9.95. The van der Waals surface area contributed by atoms with Crippen molar-refractivity contribution < 1.29 is 8.83 Å². The topological polar surface area (TPSA) is 30.7 Å². The second-order valence-electron chi connectivity index (χ2n) is 11.2. The van der Waals surface area contributed by atoms with Gasteiger partial charge >= 0.3 is 0 Å². The van der Waals surface area contributed by atoms with Crippen LogP contribution in [0.2, 0.25) is 0 Å². The van der Waals surface area contributed by atoms with Gasteiger partial charge in [-0.2, -0.15) is 0 Å². The van der Waals surface area contributed by atoms with Gasteiger partial charge in [0.15, 0.2) is 11.2 Å². The molecule has 0 bridgehead atoms. The third kappa shape index (κ3) is 2.27. The van der Waals surface area contributed by atoms with Gasteiger partial charge < -0.3 is 13.2 Å². The molecule has 0 atom stereocenters.